The summed E-state index contributed by atoms with van der Waals surface area (Å²) in [5.74, 6) is 0.207. The van der Waals surface area contributed by atoms with Crippen LogP contribution in [0.25, 0.3) is 11.3 Å². The van der Waals surface area contributed by atoms with Crippen molar-refractivity contribution >= 4 is 0 Å². The van der Waals surface area contributed by atoms with Crippen molar-refractivity contribution in [3.05, 3.63) is 81.2 Å². The minimum absolute atomic E-state index is 0.110. The molecule has 1 atom stereocenters. The number of nitrogens with two attached hydrogens (primary N) is 1. The minimum Gasteiger partial charge on any atom is -0.420 e. The molecule has 0 saturated heterocycles. The molecule has 0 fully saturated rings. The molecule has 0 saturated carbocycles. The smallest absolute Gasteiger partial charge is 0.244 e. The Morgan fingerprint density at radius 3 is 2.50 bits per heavy atom. The van der Waals surface area contributed by atoms with Gasteiger partial charge < -0.3 is 10.5 Å². The number of allylic oxidation sites excluding steroid dienone is 1. The highest BCUT2D eigenvalue weighted by atomic mass is 16.5. The van der Waals surface area contributed by atoms with Crippen molar-refractivity contribution in [3.8, 4) is 23.2 Å². The Morgan fingerprint density at radius 1 is 1.04 bits per heavy atom. The fourth-order valence-corrected chi connectivity index (χ4v) is 3.74. The molecule has 0 bridgehead atoms. The first kappa shape index (κ1) is 17.9. The summed E-state index contributed by atoms with van der Waals surface area (Å²) in [5, 5.41) is 17.3. The summed E-state index contributed by atoms with van der Waals surface area (Å²) >= 11 is 0. The van der Waals surface area contributed by atoms with E-state index in [1.54, 1.807) is 0 Å². The highest BCUT2D eigenvalue weighted by Crippen LogP contribution is 2.46. The Labute approximate surface area is 164 Å². The third kappa shape index (κ3) is 2.74. The molecule has 140 valence electrons. The summed E-state index contributed by atoms with van der Waals surface area (Å²) < 4.78 is 5.71. The van der Waals surface area contributed by atoms with Crippen molar-refractivity contribution in [1.29, 1.82) is 5.26 Å². The number of aromatic nitrogens is 2. The van der Waals surface area contributed by atoms with Gasteiger partial charge in [0.2, 0.25) is 11.8 Å². The number of benzene rings is 2. The number of hydrogen-bond acceptors (Lipinski definition) is 4. The van der Waals surface area contributed by atoms with Gasteiger partial charge in [0.15, 0.2) is 0 Å². The highest BCUT2D eigenvalue weighted by molar-refractivity contribution is 5.72. The predicted octanol–water partition coefficient (Wildman–Crippen LogP) is 4.53. The first-order chi connectivity index (χ1) is 13.4. The first-order valence-corrected chi connectivity index (χ1v) is 9.21. The molecule has 5 heteroatoms. The average Bonchev–Trinajstić information content (AvgIpc) is 3.08. The lowest BCUT2D eigenvalue weighted by molar-refractivity contribution is 0.379. The SMILES string of the molecule is Cc1ccc(C)c([C@@H]2C(C#N)=C(N)Oc3n[nH]c(-c4ccc(C)c(C)c4)c32)c1. The van der Waals surface area contributed by atoms with Crippen LogP contribution >= 0.6 is 0 Å². The maximum Gasteiger partial charge on any atom is 0.244 e. The molecule has 2 aromatic carbocycles. The Kier molecular flexibility index (Phi) is 4.20. The van der Waals surface area contributed by atoms with Gasteiger partial charge in [0.1, 0.15) is 11.6 Å². The number of aromatic amines is 1. The molecule has 2 heterocycles. The van der Waals surface area contributed by atoms with Gasteiger partial charge in [-0.2, -0.15) is 5.26 Å². The van der Waals surface area contributed by atoms with Crippen molar-refractivity contribution in [2.75, 3.05) is 0 Å². The van der Waals surface area contributed by atoms with E-state index in [0.29, 0.717) is 11.5 Å². The molecule has 0 spiro atoms. The minimum atomic E-state index is -0.330. The van der Waals surface area contributed by atoms with Crippen LogP contribution in [-0.4, -0.2) is 10.2 Å². The Bertz CT molecular complexity index is 1160. The molecule has 28 heavy (non-hydrogen) atoms. The highest BCUT2D eigenvalue weighted by Gasteiger charge is 2.36. The number of hydrogen-bond donors (Lipinski definition) is 2. The maximum absolute atomic E-state index is 9.86. The van der Waals surface area contributed by atoms with Crippen molar-refractivity contribution in [2.45, 2.75) is 33.6 Å². The molecule has 5 nitrogen and oxygen atoms in total. The molecule has 1 aliphatic rings. The second kappa shape index (κ2) is 6.58. The Balaban J connectivity index is 1.99. The van der Waals surface area contributed by atoms with E-state index in [4.69, 9.17) is 10.5 Å². The van der Waals surface area contributed by atoms with Crippen LogP contribution in [0.2, 0.25) is 0 Å². The van der Waals surface area contributed by atoms with Crippen molar-refractivity contribution < 1.29 is 4.74 Å². The number of nitrogens with one attached hydrogen (secondary N) is 1. The number of aryl methyl sites for hydroxylation is 4. The molecule has 3 N–H and O–H groups in total. The van der Waals surface area contributed by atoms with Gasteiger partial charge in [-0.15, -0.1) is 5.10 Å². The van der Waals surface area contributed by atoms with Crippen LogP contribution in [0.4, 0.5) is 0 Å². The van der Waals surface area contributed by atoms with Crippen LogP contribution in [0.5, 0.6) is 5.88 Å². The summed E-state index contributed by atoms with van der Waals surface area (Å²) in [6.45, 7) is 8.26. The summed E-state index contributed by atoms with van der Waals surface area (Å²) in [6.07, 6.45) is 0. The van der Waals surface area contributed by atoms with E-state index in [1.165, 1.54) is 11.1 Å². The van der Waals surface area contributed by atoms with E-state index in [1.807, 2.05) is 13.8 Å². The van der Waals surface area contributed by atoms with Crippen LogP contribution in [0.15, 0.2) is 47.9 Å². The van der Waals surface area contributed by atoms with Crippen LogP contribution < -0.4 is 10.5 Å². The van der Waals surface area contributed by atoms with Crippen LogP contribution in [-0.2, 0) is 0 Å². The predicted molar refractivity (Wildman–Crippen MR) is 109 cm³/mol. The number of ether oxygens (including phenoxy) is 1. The number of nitriles is 1. The summed E-state index contributed by atoms with van der Waals surface area (Å²) in [5.41, 5.74) is 14.9. The lowest BCUT2D eigenvalue weighted by Crippen LogP contribution is -2.21. The summed E-state index contributed by atoms with van der Waals surface area (Å²) in [6, 6.07) is 14.8. The van der Waals surface area contributed by atoms with E-state index >= 15 is 0 Å². The Morgan fingerprint density at radius 2 is 1.79 bits per heavy atom. The van der Waals surface area contributed by atoms with Gasteiger partial charge in [0.25, 0.3) is 0 Å². The first-order valence-electron chi connectivity index (χ1n) is 9.21. The van der Waals surface area contributed by atoms with Gasteiger partial charge in [-0.25, -0.2) is 0 Å². The zero-order chi connectivity index (χ0) is 20.0. The summed E-state index contributed by atoms with van der Waals surface area (Å²) in [7, 11) is 0. The van der Waals surface area contributed by atoms with E-state index in [0.717, 1.165) is 33.5 Å². The zero-order valence-electron chi connectivity index (χ0n) is 16.4. The van der Waals surface area contributed by atoms with Gasteiger partial charge in [0.05, 0.1) is 17.2 Å². The van der Waals surface area contributed by atoms with Crippen LogP contribution in [0.1, 0.15) is 39.3 Å². The normalized spacial score (nSPS) is 15.8. The lowest BCUT2D eigenvalue weighted by Gasteiger charge is -2.25. The summed E-state index contributed by atoms with van der Waals surface area (Å²) in [4.78, 5) is 0. The lowest BCUT2D eigenvalue weighted by atomic mass is 9.80. The largest absolute Gasteiger partial charge is 0.420 e. The van der Waals surface area contributed by atoms with Gasteiger partial charge in [-0.3, -0.25) is 5.10 Å². The standard InChI is InChI=1S/C23H22N4O/c1-12-5-6-14(3)17(9-12)19-18(11-24)22(25)28-23-20(19)21(26-27-23)16-8-7-13(2)15(4)10-16/h5-10,19H,25H2,1-4H3,(H,26,27)/t19-/m1/s1. The number of H-pyrrole nitrogens is 1. The quantitative estimate of drug-likeness (QED) is 0.694. The molecular formula is C23H22N4O. The molecular weight excluding hydrogens is 348 g/mol. The molecule has 0 radical (unpaired) electrons. The number of fused-ring (bicyclic) bond motifs is 1. The molecule has 0 aliphatic carbocycles. The molecule has 0 unspecified atom stereocenters. The van der Waals surface area contributed by atoms with E-state index in [2.05, 4.69) is 66.5 Å². The van der Waals surface area contributed by atoms with Gasteiger partial charge >= 0.3 is 0 Å². The van der Waals surface area contributed by atoms with E-state index in [-0.39, 0.29) is 11.8 Å². The topological polar surface area (TPSA) is 87.7 Å². The number of nitrogens with zero attached hydrogens (tertiary/aromatic N) is 2. The van der Waals surface area contributed by atoms with Crippen LogP contribution in [0, 0.1) is 39.0 Å². The van der Waals surface area contributed by atoms with Crippen molar-refractivity contribution in [1.82, 2.24) is 10.2 Å². The second-order valence-electron chi connectivity index (χ2n) is 7.40. The molecule has 1 aromatic heterocycles. The van der Waals surface area contributed by atoms with E-state index in [9.17, 15) is 5.26 Å². The zero-order valence-corrected chi connectivity index (χ0v) is 16.4. The molecule has 4 rings (SSSR count). The fourth-order valence-electron chi connectivity index (χ4n) is 3.74. The maximum atomic E-state index is 9.86. The van der Waals surface area contributed by atoms with Crippen LogP contribution in [0.3, 0.4) is 0 Å². The third-order valence-corrected chi connectivity index (χ3v) is 5.48. The fraction of sp³-hybridized carbons (Fsp3) is 0.217. The Hall–Kier alpha value is -3.52. The number of rotatable bonds is 2. The van der Waals surface area contributed by atoms with E-state index < -0.39 is 0 Å². The van der Waals surface area contributed by atoms with Crippen molar-refractivity contribution in [2.24, 2.45) is 5.73 Å². The third-order valence-electron chi connectivity index (χ3n) is 5.48. The monoisotopic (exact) mass is 370 g/mol. The molecule has 3 aromatic rings. The van der Waals surface area contributed by atoms with Gasteiger partial charge in [0, 0.05) is 5.56 Å². The molecule has 1 aliphatic heterocycles. The van der Waals surface area contributed by atoms with Gasteiger partial charge in [-0.1, -0.05) is 35.9 Å². The second-order valence-corrected chi connectivity index (χ2v) is 7.40. The van der Waals surface area contributed by atoms with Gasteiger partial charge in [-0.05, 0) is 56.0 Å². The van der Waals surface area contributed by atoms with Crippen molar-refractivity contribution in [3.63, 3.8) is 0 Å². The average molecular weight is 370 g/mol. The molecule has 0 amide bonds.